The van der Waals surface area contributed by atoms with Gasteiger partial charge in [0.15, 0.2) is 6.61 Å². The number of aryl methyl sites for hydroxylation is 2. The average molecular weight is 417 g/mol. The molecule has 0 aliphatic carbocycles. The maximum Gasteiger partial charge on any atom is 0.277 e. The summed E-state index contributed by atoms with van der Waals surface area (Å²) < 4.78 is 11.2. The number of hydrazone groups is 1. The van der Waals surface area contributed by atoms with Gasteiger partial charge in [-0.1, -0.05) is 35.3 Å². The van der Waals surface area contributed by atoms with Gasteiger partial charge in [0.2, 0.25) is 0 Å². The molecule has 0 saturated heterocycles. The minimum Gasteiger partial charge on any atom is -0.483 e. The predicted molar refractivity (Wildman–Crippen MR) is 111 cm³/mol. The van der Waals surface area contributed by atoms with Crippen LogP contribution < -0.4 is 10.2 Å². The number of carbonyl (C=O) groups is 1. The molecule has 1 aromatic heterocycles. The van der Waals surface area contributed by atoms with Gasteiger partial charge >= 0.3 is 0 Å². The second-order valence-corrected chi connectivity index (χ2v) is 7.00. The Balaban J connectivity index is 1.54. The Kier molecular flexibility index (Phi) is 6.39. The smallest absolute Gasteiger partial charge is 0.277 e. The fraction of sp³-hybridized carbons (Fsp3) is 0.143. The van der Waals surface area contributed by atoms with Crippen molar-refractivity contribution in [2.45, 2.75) is 13.8 Å². The molecule has 0 aliphatic rings. The number of amides is 1. The summed E-state index contributed by atoms with van der Waals surface area (Å²) in [7, 11) is 0. The standard InChI is InChI=1S/C21H18Cl2N2O3/c1-13-3-4-14(2)20(9-13)27-12-21(26)25-24-11-16-6-8-19(28-16)15-5-7-17(22)18(23)10-15/h3-11H,12H2,1-2H3,(H,25,26)/b24-11-. The number of ether oxygens (including phenoxy) is 1. The topological polar surface area (TPSA) is 63.8 Å². The van der Waals surface area contributed by atoms with Gasteiger partial charge in [0.1, 0.15) is 17.3 Å². The van der Waals surface area contributed by atoms with Crippen LogP contribution >= 0.6 is 23.2 Å². The number of furan rings is 1. The van der Waals surface area contributed by atoms with Crippen molar-refractivity contribution in [2.24, 2.45) is 5.10 Å². The Morgan fingerprint density at radius 2 is 1.93 bits per heavy atom. The van der Waals surface area contributed by atoms with E-state index in [0.29, 0.717) is 27.3 Å². The van der Waals surface area contributed by atoms with Gasteiger partial charge in [-0.2, -0.15) is 5.10 Å². The molecule has 5 nitrogen and oxygen atoms in total. The van der Waals surface area contributed by atoms with Crippen molar-refractivity contribution in [1.82, 2.24) is 5.43 Å². The summed E-state index contributed by atoms with van der Waals surface area (Å²) >= 11 is 11.9. The Hall–Kier alpha value is -2.76. The van der Waals surface area contributed by atoms with Crippen LogP contribution in [0.25, 0.3) is 11.3 Å². The molecule has 1 heterocycles. The van der Waals surface area contributed by atoms with E-state index in [0.717, 1.165) is 16.7 Å². The first-order chi connectivity index (χ1) is 13.4. The van der Waals surface area contributed by atoms with Gasteiger partial charge in [0.25, 0.3) is 5.91 Å². The van der Waals surface area contributed by atoms with Crippen molar-refractivity contribution in [3.05, 3.63) is 75.5 Å². The SMILES string of the molecule is Cc1ccc(C)c(OCC(=O)N/N=C\c2ccc(-c3ccc(Cl)c(Cl)c3)o2)c1. The fourth-order valence-corrected chi connectivity index (χ4v) is 2.73. The van der Waals surface area contributed by atoms with Crippen LogP contribution in [0.1, 0.15) is 16.9 Å². The number of nitrogens with zero attached hydrogens (tertiary/aromatic N) is 1. The van der Waals surface area contributed by atoms with E-state index in [1.165, 1.54) is 6.21 Å². The van der Waals surface area contributed by atoms with Gasteiger partial charge in [-0.05, 0) is 61.4 Å². The fourth-order valence-electron chi connectivity index (χ4n) is 2.43. The summed E-state index contributed by atoms with van der Waals surface area (Å²) in [4.78, 5) is 11.9. The molecule has 144 valence electrons. The molecular weight excluding hydrogens is 399 g/mol. The van der Waals surface area contributed by atoms with Gasteiger partial charge in [0, 0.05) is 5.56 Å². The summed E-state index contributed by atoms with van der Waals surface area (Å²) in [6.45, 7) is 3.76. The van der Waals surface area contributed by atoms with Gasteiger partial charge in [0.05, 0.1) is 16.3 Å². The van der Waals surface area contributed by atoms with Crippen molar-refractivity contribution in [2.75, 3.05) is 6.61 Å². The highest BCUT2D eigenvalue weighted by atomic mass is 35.5. The molecule has 0 bridgehead atoms. The lowest BCUT2D eigenvalue weighted by atomic mass is 10.1. The summed E-state index contributed by atoms with van der Waals surface area (Å²) in [6.07, 6.45) is 1.41. The van der Waals surface area contributed by atoms with E-state index < -0.39 is 0 Å². The highest BCUT2D eigenvalue weighted by Crippen LogP contribution is 2.29. The van der Waals surface area contributed by atoms with E-state index in [9.17, 15) is 4.79 Å². The van der Waals surface area contributed by atoms with E-state index in [-0.39, 0.29) is 12.5 Å². The minimum atomic E-state index is -0.367. The molecule has 1 amide bonds. The summed E-state index contributed by atoms with van der Waals surface area (Å²) in [5.74, 6) is 1.41. The predicted octanol–water partition coefficient (Wildman–Crippen LogP) is 5.40. The Bertz CT molecular complexity index is 1030. The third-order valence-corrected chi connectivity index (χ3v) is 4.65. The zero-order valence-corrected chi connectivity index (χ0v) is 16.8. The Morgan fingerprint density at radius 3 is 2.71 bits per heavy atom. The molecule has 0 unspecified atom stereocenters. The third kappa shape index (κ3) is 5.15. The molecule has 2 aromatic carbocycles. The second-order valence-electron chi connectivity index (χ2n) is 6.18. The summed E-state index contributed by atoms with van der Waals surface area (Å²) in [5.41, 5.74) is 5.23. The van der Waals surface area contributed by atoms with Crippen LogP contribution in [0.4, 0.5) is 0 Å². The quantitative estimate of drug-likeness (QED) is 0.432. The summed E-state index contributed by atoms with van der Waals surface area (Å²) in [6, 6.07) is 14.6. The average Bonchev–Trinajstić information content (AvgIpc) is 3.13. The first-order valence-corrected chi connectivity index (χ1v) is 9.25. The molecule has 0 aliphatic heterocycles. The van der Waals surface area contributed by atoms with E-state index >= 15 is 0 Å². The third-order valence-electron chi connectivity index (χ3n) is 3.91. The van der Waals surface area contributed by atoms with E-state index in [1.54, 1.807) is 30.3 Å². The van der Waals surface area contributed by atoms with E-state index in [4.69, 9.17) is 32.4 Å². The first-order valence-electron chi connectivity index (χ1n) is 8.49. The van der Waals surface area contributed by atoms with Crippen molar-refractivity contribution in [1.29, 1.82) is 0 Å². The van der Waals surface area contributed by atoms with E-state index in [1.807, 2.05) is 32.0 Å². The van der Waals surface area contributed by atoms with Gasteiger partial charge in [-0.25, -0.2) is 5.43 Å². The molecule has 7 heteroatoms. The van der Waals surface area contributed by atoms with Crippen LogP contribution in [-0.4, -0.2) is 18.7 Å². The maximum atomic E-state index is 11.9. The second kappa shape index (κ2) is 8.95. The zero-order valence-electron chi connectivity index (χ0n) is 15.3. The van der Waals surface area contributed by atoms with Crippen LogP contribution in [0.5, 0.6) is 5.75 Å². The summed E-state index contributed by atoms with van der Waals surface area (Å²) in [5, 5.41) is 4.81. The normalized spacial score (nSPS) is 11.0. The van der Waals surface area contributed by atoms with Crippen LogP contribution in [0.2, 0.25) is 10.0 Å². The number of carbonyl (C=O) groups excluding carboxylic acids is 1. The number of rotatable bonds is 6. The van der Waals surface area contributed by atoms with Crippen LogP contribution in [-0.2, 0) is 4.79 Å². The molecule has 3 aromatic rings. The monoisotopic (exact) mass is 416 g/mol. The van der Waals surface area contributed by atoms with Crippen LogP contribution in [0.15, 0.2) is 58.0 Å². The lowest BCUT2D eigenvalue weighted by Gasteiger charge is -2.08. The minimum absolute atomic E-state index is 0.131. The van der Waals surface area contributed by atoms with Crippen molar-refractivity contribution < 1.29 is 13.9 Å². The molecule has 0 radical (unpaired) electrons. The number of hydrogen-bond donors (Lipinski definition) is 1. The van der Waals surface area contributed by atoms with E-state index in [2.05, 4.69) is 10.5 Å². The Labute approximate surface area is 172 Å². The highest BCUT2D eigenvalue weighted by molar-refractivity contribution is 6.42. The number of hydrogen-bond acceptors (Lipinski definition) is 4. The molecule has 1 N–H and O–H groups in total. The number of benzene rings is 2. The van der Waals surface area contributed by atoms with Crippen molar-refractivity contribution in [3.63, 3.8) is 0 Å². The molecule has 0 spiro atoms. The van der Waals surface area contributed by atoms with Crippen LogP contribution in [0, 0.1) is 13.8 Å². The molecule has 28 heavy (non-hydrogen) atoms. The molecule has 0 fully saturated rings. The van der Waals surface area contributed by atoms with Crippen LogP contribution in [0.3, 0.4) is 0 Å². The number of nitrogens with one attached hydrogen (secondary N) is 1. The Morgan fingerprint density at radius 1 is 1.11 bits per heavy atom. The van der Waals surface area contributed by atoms with Crippen molar-refractivity contribution in [3.8, 4) is 17.1 Å². The maximum absolute atomic E-state index is 11.9. The molecule has 3 rings (SSSR count). The lowest BCUT2D eigenvalue weighted by Crippen LogP contribution is -2.24. The van der Waals surface area contributed by atoms with Gasteiger partial charge in [-0.3, -0.25) is 4.79 Å². The molecule has 0 saturated carbocycles. The molecular formula is C21H18Cl2N2O3. The first kappa shape index (κ1) is 20.0. The molecule has 0 atom stereocenters. The lowest BCUT2D eigenvalue weighted by molar-refractivity contribution is -0.123. The highest BCUT2D eigenvalue weighted by Gasteiger charge is 2.07. The zero-order chi connectivity index (χ0) is 20.1. The van der Waals surface area contributed by atoms with Gasteiger partial charge < -0.3 is 9.15 Å². The number of halogens is 2. The van der Waals surface area contributed by atoms with Crippen molar-refractivity contribution >= 4 is 35.3 Å². The largest absolute Gasteiger partial charge is 0.483 e. The van der Waals surface area contributed by atoms with Gasteiger partial charge in [-0.15, -0.1) is 0 Å².